The minimum Gasteiger partial charge on any atom is -0.390 e. The van der Waals surface area contributed by atoms with Gasteiger partial charge in [0, 0.05) is 0 Å². The molecule has 0 aliphatic heterocycles. The van der Waals surface area contributed by atoms with E-state index in [4.69, 9.17) is 0 Å². The van der Waals surface area contributed by atoms with Crippen molar-refractivity contribution in [2.75, 3.05) is 0 Å². The van der Waals surface area contributed by atoms with Gasteiger partial charge in [-0.15, -0.1) is 0 Å². The van der Waals surface area contributed by atoms with Crippen LogP contribution in [0.4, 0.5) is 13.2 Å². The van der Waals surface area contributed by atoms with E-state index in [2.05, 4.69) is 0 Å². The molecule has 0 radical (unpaired) electrons. The number of hydrogen-bond acceptors (Lipinski definition) is 1. The zero-order valence-corrected chi connectivity index (χ0v) is 9.39. The third kappa shape index (κ3) is 2.36. The number of hydrogen-bond donors (Lipinski definition) is 1. The van der Waals surface area contributed by atoms with E-state index in [0.29, 0.717) is 12.8 Å². The van der Waals surface area contributed by atoms with Gasteiger partial charge in [0.2, 0.25) is 0 Å². The van der Waals surface area contributed by atoms with Crippen LogP contribution in [0, 0.1) is 11.8 Å². The molecule has 0 spiro atoms. The highest BCUT2D eigenvalue weighted by molar-refractivity contribution is 4.94. The summed E-state index contributed by atoms with van der Waals surface area (Å²) in [4.78, 5) is 0. The van der Waals surface area contributed by atoms with Crippen LogP contribution in [0.5, 0.6) is 0 Å². The van der Waals surface area contributed by atoms with Crippen LogP contribution >= 0.6 is 0 Å². The summed E-state index contributed by atoms with van der Waals surface area (Å²) in [7, 11) is 0. The Hall–Kier alpha value is -0.250. The minimum absolute atomic E-state index is 0.108. The van der Waals surface area contributed by atoms with Crippen molar-refractivity contribution in [3.05, 3.63) is 0 Å². The van der Waals surface area contributed by atoms with Crippen molar-refractivity contribution in [3.8, 4) is 0 Å². The fraction of sp³-hybridized carbons (Fsp3) is 1.00. The second-order valence-electron chi connectivity index (χ2n) is 5.40. The third-order valence-corrected chi connectivity index (χ3v) is 4.43. The molecule has 2 fully saturated rings. The van der Waals surface area contributed by atoms with Crippen molar-refractivity contribution in [2.24, 2.45) is 11.8 Å². The normalized spacial score (nSPS) is 37.9. The third-order valence-electron chi connectivity index (χ3n) is 4.43. The van der Waals surface area contributed by atoms with E-state index in [1.165, 1.54) is 0 Å². The average molecular weight is 236 g/mol. The molecule has 2 aliphatic rings. The van der Waals surface area contributed by atoms with Gasteiger partial charge in [-0.25, -0.2) is 0 Å². The second kappa shape index (κ2) is 4.21. The predicted molar refractivity (Wildman–Crippen MR) is 54.9 cm³/mol. The van der Waals surface area contributed by atoms with Gasteiger partial charge in [0.1, 0.15) is 0 Å². The monoisotopic (exact) mass is 236 g/mol. The lowest BCUT2D eigenvalue weighted by molar-refractivity contribution is -0.196. The topological polar surface area (TPSA) is 20.2 Å². The van der Waals surface area contributed by atoms with Gasteiger partial charge in [-0.05, 0) is 44.4 Å². The van der Waals surface area contributed by atoms with E-state index >= 15 is 0 Å². The van der Waals surface area contributed by atoms with Crippen LogP contribution in [0.1, 0.15) is 51.4 Å². The van der Waals surface area contributed by atoms with Gasteiger partial charge in [0.25, 0.3) is 0 Å². The quantitative estimate of drug-likeness (QED) is 0.736. The molecule has 0 saturated heterocycles. The Morgan fingerprint density at radius 3 is 1.88 bits per heavy atom. The van der Waals surface area contributed by atoms with Crippen LogP contribution in [0.2, 0.25) is 0 Å². The van der Waals surface area contributed by atoms with Crippen molar-refractivity contribution in [1.29, 1.82) is 0 Å². The summed E-state index contributed by atoms with van der Waals surface area (Å²) in [5.41, 5.74) is -0.793. The summed E-state index contributed by atoms with van der Waals surface area (Å²) in [5.74, 6) is -0.934. The smallest absolute Gasteiger partial charge is 0.390 e. The predicted octanol–water partition coefficient (Wildman–Crippen LogP) is 3.66. The molecule has 94 valence electrons. The van der Waals surface area contributed by atoms with Crippen LogP contribution < -0.4 is 0 Å². The fourth-order valence-electron chi connectivity index (χ4n) is 3.32. The summed E-state index contributed by atoms with van der Waals surface area (Å²) in [6.07, 6.45) is 1.04. The molecule has 0 heterocycles. The molecule has 0 aromatic carbocycles. The lowest BCUT2D eigenvalue weighted by Crippen LogP contribution is -2.43. The molecule has 1 nitrogen and oxygen atoms in total. The van der Waals surface area contributed by atoms with Crippen LogP contribution in [0.25, 0.3) is 0 Å². The summed E-state index contributed by atoms with van der Waals surface area (Å²) in [6.45, 7) is 0. The zero-order chi connectivity index (χ0) is 11.8. The lowest BCUT2D eigenvalue weighted by Gasteiger charge is -2.40. The van der Waals surface area contributed by atoms with E-state index in [-0.39, 0.29) is 18.8 Å². The Balaban J connectivity index is 1.93. The maximum absolute atomic E-state index is 12.5. The van der Waals surface area contributed by atoms with E-state index in [1.54, 1.807) is 0 Å². The summed E-state index contributed by atoms with van der Waals surface area (Å²) in [6, 6.07) is 0. The van der Waals surface area contributed by atoms with Crippen molar-refractivity contribution < 1.29 is 18.3 Å². The fourth-order valence-corrected chi connectivity index (χ4v) is 3.32. The molecule has 2 saturated carbocycles. The largest absolute Gasteiger partial charge is 0.391 e. The minimum atomic E-state index is -4.07. The molecule has 0 atom stereocenters. The maximum atomic E-state index is 12.5. The van der Waals surface area contributed by atoms with Gasteiger partial charge < -0.3 is 5.11 Å². The van der Waals surface area contributed by atoms with Crippen molar-refractivity contribution in [3.63, 3.8) is 0 Å². The number of alkyl halides is 3. The van der Waals surface area contributed by atoms with Crippen molar-refractivity contribution in [1.82, 2.24) is 0 Å². The highest BCUT2D eigenvalue weighted by Gasteiger charge is 2.48. The van der Waals surface area contributed by atoms with Gasteiger partial charge in [-0.3, -0.25) is 0 Å². The standard InChI is InChI=1S/C12H19F3O/c13-12(14,15)10-5-7-11(16,8-6-10)9-3-1-2-4-9/h9-10,16H,1-8H2. The molecule has 16 heavy (non-hydrogen) atoms. The van der Waals surface area contributed by atoms with Gasteiger partial charge in [-0.2, -0.15) is 13.2 Å². The zero-order valence-electron chi connectivity index (χ0n) is 9.39. The average Bonchev–Trinajstić information content (AvgIpc) is 2.70. The van der Waals surface area contributed by atoms with E-state index < -0.39 is 17.7 Å². The first kappa shape index (κ1) is 12.2. The first-order valence-corrected chi connectivity index (χ1v) is 6.21. The molecule has 2 aliphatic carbocycles. The first-order chi connectivity index (χ1) is 7.42. The van der Waals surface area contributed by atoms with Crippen molar-refractivity contribution >= 4 is 0 Å². The Morgan fingerprint density at radius 1 is 0.938 bits per heavy atom. The molecular formula is C12H19F3O. The second-order valence-corrected chi connectivity index (χ2v) is 5.40. The lowest BCUT2D eigenvalue weighted by atomic mass is 9.71. The number of aliphatic hydroxyl groups is 1. The van der Waals surface area contributed by atoms with Gasteiger partial charge in [0.05, 0.1) is 11.5 Å². The first-order valence-electron chi connectivity index (χ1n) is 6.21. The highest BCUT2D eigenvalue weighted by Crippen LogP contribution is 2.47. The van der Waals surface area contributed by atoms with Crippen LogP contribution in [-0.4, -0.2) is 16.9 Å². The van der Waals surface area contributed by atoms with E-state index in [9.17, 15) is 18.3 Å². The SMILES string of the molecule is OC1(C2CCCC2)CCC(C(F)(F)F)CC1. The molecule has 0 aromatic heterocycles. The van der Waals surface area contributed by atoms with Crippen LogP contribution in [0.3, 0.4) is 0 Å². The molecule has 0 bridgehead atoms. The van der Waals surface area contributed by atoms with Crippen molar-refractivity contribution in [2.45, 2.75) is 63.1 Å². The Morgan fingerprint density at radius 2 is 1.44 bits per heavy atom. The number of halogens is 3. The van der Waals surface area contributed by atoms with Crippen LogP contribution in [0.15, 0.2) is 0 Å². The Kier molecular flexibility index (Phi) is 3.21. The summed E-state index contributed by atoms with van der Waals surface area (Å²) >= 11 is 0. The highest BCUT2D eigenvalue weighted by atomic mass is 19.4. The molecule has 0 aromatic rings. The van der Waals surface area contributed by atoms with E-state index in [1.807, 2.05) is 0 Å². The number of rotatable bonds is 1. The maximum Gasteiger partial charge on any atom is 0.391 e. The molecule has 0 unspecified atom stereocenters. The Bertz CT molecular complexity index is 235. The molecule has 0 amide bonds. The summed E-state index contributed by atoms with van der Waals surface area (Å²) in [5, 5.41) is 10.4. The molecule has 4 heteroatoms. The Labute approximate surface area is 94.0 Å². The summed E-state index contributed by atoms with van der Waals surface area (Å²) < 4.78 is 37.5. The van der Waals surface area contributed by atoms with Gasteiger partial charge in [0.15, 0.2) is 0 Å². The molecular weight excluding hydrogens is 217 g/mol. The van der Waals surface area contributed by atoms with Gasteiger partial charge in [-0.1, -0.05) is 12.8 Å². The van der Waals surface area contributed by atoms with Gasteiger partial charge >= 0.3 is 6.18 Å². The van der Waals surface area contributed by atoms with E-state index in [0.717, 1.165) is 25.7 Å². The molecule has 2 rings (SSSR count). The van der Waals surface area contributed by atoms with Crippen LogP contribution in [-0.2, 0) is 0 Å². The molecule has 1 N–H and O–H groups in total.